The molecule has 1 aromatic carbocycles. The van der Waals surface area contributed by atoms with Gasteiger partial charge in [-0.15, -0.1) is 5.10 Å². The van der Waals surface area contributed by atoms with E-state index in [-0.39, 0.29) is 18.2 Å². The highest BCUT2D eigenvalue weighted by Crippen LogP contribution is 2.20. The maximum atomic E-state index is 12.7. The summed E-state index contributed by atoms with van der Waals surface area (Å²) in [4.78, 5) is 16.9. The van der Waals surface area contributed by atoms with E-state index in [9.17, 15) is 22.2 Å². The fraction of sp³-hybridized carbons (Fsp3) is 0.389. The lowest BCUT2D eigenvalue weighted by atomic mass is 10.1. The van der Waals surface area contributed by atoms with Crippen LogP contribution in [0.2, 0.25) is 0 Å². The van der Waals surface area contributed by atoms with Gasteiger partial charge in [-0.3, -0.25) is 4.79 Å². The summed E-state index contributed by atoms with van der Waals surface area (Å²) in [5.41, 5.74) is 0.654. The van der Waals surface area contributed by atoms with Gasteiger partial charge in [0.15, 0.2) is 5.82 Å². The fourth-order valence-electron chi connectivity index (χ4n) is 2.89. The van der Waals surface area contributed by atoms with Crippen LogP contribution < -0.4 is 5.56 Å². The van der Waals surface area contributed by atoms with Crippen molar-refractivity contribution in [2.75, 3.05) is 6.26 Å². The third-order valence-corrected chi connectivity index (χ3v) is 5.50. The van der Waals surface area contributed by atoms with Crippen molar-refractivity contribution >= 4 is 15.5 Å². The molecule has 0 unspecified atom stereocenters. The lowest BCUT2D eigenvalue weighted by molar-refractivity contribution is -0.128. The van der Waals surface area contributed by atoms with Gasteiger partial charge < -0.3 is 4.57 Å². The first-order valence-corrected chi connectivity index (χ1v) is 10.7. The SMILES string of the molecule is CC(C)c1cn(Cc2ccc([S@@](C)(=N)=O)cc2)c2nc(CC(F)(F)F)nn2c1=O. The predicted octanol–water partition coefficient (Wildman–Crippen LogP) is 3.20. The molecule has 156 valence electrons. The second kappa shape index (κ2) is 7.29. The lowest BCUT2D eigenvalue weighted by Crippen LogP contribution is -2.24. The van der Waals surface area contributed by atoms with Crippen LogP contribution in [0.5, 0.6) is 0 Å². The van der Waals surface area contributed by atoms with Gasteiger partial charge in [0.2, 0.25) is 5.78 Å². The maximum absolute atomic E-state index is 12.7. The first-order valence-electron chi connectivity index (χ1n) is 8.73. The van der Waals surface area contributed by atoms with Gasteiger partial charge in [0, 0.05) is 22.9 Å². The molecule has 0 saturated carbocycles. The zero-order chi connectivity index (χ0) is 21.6. The van der Waals surface area contributed by atoms with Gasteiger partial charge in [-0.05, 0) is 23.6 Å². The second-order valence-electron chi connectivity index (χ2n) is 7.19. The quantitative estimate of drug-likeness (QED) is 0.677. The van der Waals surface area contributed by atoms with Crippen LogP contribution in [0.3, 0.4) is 0 Å². The Hall–Kier alpha value is -2.69. The number of nitrogens with zero attached hydrogens (tertiary/aromatic N) is 4. The fourth-order valence-corrected chi connectivity index (χ4v) is 3.54. The molecule has 3 aromatic rings. The summed E-state index contributed by atoms with van der Waals surface area (Å²) in [5, 5.41) is 3.78. The molecule has 1 atom stereocenters. The molecule has 2 heterocycles. The minimum absolute atomic E-state index is 0.0162. The molecule has 1 N–H and O–H groups in total. The second-order valence-corrected chi connectivity index (χ2v) is 9.35. The Morgan fingerprint density at radius 3 is 2.34 bits per heavy atom. The minimum atomic E-state index is -4.49. The van der Waals surface area contributed by atoms with Crippen LogP contribution in [-0.2, 0) is 22.7 Å². The van der Waals surface area contributed by atoms with Gasteiger partial charge >= 0.3 is 6.18 Å². The summed E-state index contributed by atoms with van der Waals surface area (Å²) in [5.74, 6) is -0.620. The summed E-state index contributed by atoms with van der Waals surface area (Å²) in [6.45, 7) is 3.83. The van der Waals surface area contributed by atoms with Gasteiger partial charge in [-0.2, -0.15) is 22.7 Å². The van der Waals surface area contributed by atoms with Crippen molar-refractivity contribution in [3.63, 3.8) is 0 Å². The van der Waals surface area contributed by atoms with E-state index in [1.54, 1.807) is 48.9 Å². The van der Waals surface area contributed by atoms with Crippen molar-refractivity contribution in [3.05, 3.63) is 57.8 Å². The molecule has 2 aromatic heterocycles. The van der Waals surface area contributed by atoms with Crippen LogP contribution in [0, 0.1) is 4.78 Å². The third-order valence-electron chi connectivity index (χ3n) is 4.33. The molecule has 0 amide bonds. The number of alkyl halides is 3. The van der Waals surface area contributed by atoms with Crippen LogP contribution >= 0.6 is 0 Å². The van der Waals surface area contributed by atoms with Crippen molar-refractivity contribution in [2.24, 2.45) is 0 Å². The van der Waals surface area contributed by atoms with E-state index in [2.05, 4.69) is 10.1 Å². The molecular weight excluding hydrogens is 407 g/mol. The molecule has 0 radical (unpaired) electrons. The molecule has 0 aliphatic heterocycles. The number of rotatable bonds is 5. The molecule has 0 bridgehead atoms. The smallest absolute Gasteiger partial charge is 0.312 e. The van der Waals surface area contributed by atoms with Crippen LogP contribution in [-0.4, -0.2) is 35.8 Å². The molecule has 0 saturated heterocycles. The number of aromatic nitrogens is 4. The first kappa shape index (κ1) is 21.0. The summed E-state index contributed by atoms with van der Waals surface area (Å²) >= 11 is 0. The average Bonchev–Trinajstić information content (AvgIpc) is 2.99. The largest absolute Gasteiger partial charge is 0.396 e. The molecule has 11 heteroatoms. The van der Waals surface area contributed by atoms with Crippen LogP contribution in [0.25, 0.3) is 5.78 Å². The molecular formula is C18H20F3N5O2S. The van der Waals surface area contributed by atoms with E-state index >= 15 is 0 Å². The number of benzene rings is 1. The zero-order valence-corrected chi connectivity index (χ0v) is 16.8. The number of fused-ring (bicyclic) bond motifs is 1. The van der Waals surface area contributed by atoms with Gasteiger partial charge in [-0.25, -0.2) is 8.99 Å². The topological polar surface area (TPSA) is 93.1 Å². The van der Waals surface area contributed by atoms with Crippen LogP contribution in [0.4, 0.5) is 13.2 Å². The zero-order valence-electron chi connectivity index (χ0n) is 16.0. The van der Waals surface area contributed by atoms with E-state index in [1.807, 2.05) is 0 Å². The Morgan fingerprint density at radius 1 is 1.21 bits per heavy atom. The van der Waals surface area contributed by atoms with Crippen molar-refractivity contribution in [1.29, 1.82) is 4.78 Å². The number of halogens is 3. The Kier molecular flexibility index (Phi) is 5.28. The maximum Gasteiger partial charge on any atom is 0.396 e. The predicted molar refractivity (Wildman–Crippen MR) is 102 cm³/mol. The van der Waals surface area contributed by atoms with Gasteiger partial charge in [0.1, 0.15) is 6.42 Å². The Bertz CT molecular complexity index is 1210. The standard InChI is InChI=1S/C18H20F3N5O2S/c1-11(2)14-10-25(9-12-4-6-13(7-5-12)29(3,22)28)17-23-15(8-18(19,20)21)24-26(17)16(14)27/h4-7,10-11,22H,8-9H2,1-3H3/t29-/m0/s1. The average molecular weight is 427 g/mol. The first-order chi connectivity index (χ1) is 13.3. The number of nitrogens with one attached hydrogen (secondary N) is 1. The van der Waals surface area contributed by atoms with Gasteiger partial charge in [-0.1, -0.05) is 26.0 Å². The molecule has 0 spiro atoms. The Labute approximate surface area is 165 Å². The molecule has 0 aliphatic rings. The minimum Gasteiger partial charge on any atom is -0.312 e. The molecule has 0 fully saturated rings. The van der Waals surface area contributed by atoms with Crippen molar-refractivity contribution in [1.82, 2.24) is 19.2 Å². The van der Waals surface area contributed by atoms with E-state index in [0.29, 0.717) is 10.5 Å². The van der Waals surface area contributed by atoms with Crippen molar-refractivity contribution in [2.45, 2.75) is 43.8 Å². The highest BCUT2D eigenvalue weighted by Gasteiger charge is 2.31. The normalized spacial score (nSPS) is 14.4. The van der Waals surface area contributed by atoms with E-state index in [1.165, 1.54) is 6.26 Å². The molecule has 29 heavy (non-hydrogen) atoms. The highest BCUT2D eigenvalue weighted by molar-refractivity contribution is 7.91. The number of hydrogen-bond acceptors (Lipinski definition) is 5. The summed E-state index contributed by atoms with van der Waals surface area (Å²) < 4.78 is 60.2. The Morgan fingerprint density at radius 2 is 1.83 bits per heavy atom. The molecule has 7 nitrogen and oxygen atoms in total. The summed E-state index contributed by atoms with van der Waals surface area (Å²) in [7, 11) is -2.85. The monoisotopic (exact) mass is 427 g/mol. The lowest BCUT2D eigenvalue weighted by Gasteiger charge is -2.12. The van der Waals surface area contributed by atoms with E-state index in [4.69, 9.17) is 4.78 Å². The molecule has 0 aliphatic carbocycles. The van der Waals surface area contributed by atoms with Crippen LogP contribution in [0.1, 0.15) is 36.7 Å². The van der Waals surface area contributed by atoms with E-state index in [0.717, 1.165) is 10.1 Å². The van der Waals surface area contributed by atoms with E-state index < -0.39 is 33.7 Å². The summed E-state index contributed by atoms with van der Waals surface area (Å²) in [6, 6.07) is 6.52. The van der Waals surface area contributed by atoms with Gasteiger partial charge in [0.25, 0.3) is 5.56 Å². The molecule has 3 rings (SSSR count). The van der Waals surface area contributed by atoms with Gasteiger partial charge in [0.05, 0.1) is 16.3 Å². The third kappa shape index (κ3) is 4.66. The van der Waals surface area contributed by atoms with Crippen molar-refractivity contribution in [3.8, 4) is 0 Å². The Balaban J connectivity index is 2.10. The van der Waals surface area contributed by atoms with Crippen molar-refractivity contribution < 1.29 is 17.4 Å². The van der Waals surface area contributed by atoms with Crippen LogP contribution in [0.15, 0.2) is 40.2 Å². The number of hydrogen-bond donors (Lipinski definition) is 1. The summed E-state index contributed by atoms with van der Waals surface area (Å²) in [6.07, 6.45) is -2.91. The highest BCUT2D eigenvalue weighted by atomic mass is 32.2.